The molecule has 1 aromatic carbocycles. The van der Waals surface area contributed by atoms with E-state index in [2.05, 4.69) is 11.8 Å². The van der Waals surface area contributed by atoms with Gasteiger partial charge in [0.15, 0.2) is 0 Å². The molecule has 10 heteroatoms. The number of thiophene rings is 1. The van der Waals surface area contributed by atoms with Gasteiger partial charge in [-0.05, 0) is 51.5 Å². The van der Waals surface area contributed by atoms with E-state index in [9.17, 15) is 19.5 Å². The number of nitrogens with zero attached hydrogens (tertiary/aromatic N) is 2. The third-order valence-electron chi connectivity index (χ3n) is 5.41. The maximum atomic E-state index is 13.9. The summed E-state index contributed by atoms with van der Waals surface area (Å²) in [5.74, 6) is 4.00. The third-order valence-corrected chi connectivity index (χ3v) is 6.99. The van der Waals surface area contributed by atoms with E-state index in [0.29, 0.717) is 36.2 Å². The van der Waals surface area contributed by atoms with E-state index < -0.39 is 17.9 Å². The van der Waals surface area contributed by atoms with Crippen LogP contribution in [-0.2, 0) is 9.53 Å². The van der Waals surface area contributed by atoms with Crippen LogP contribution in [0.15, 0.2) is 24.3 Å². The lowest BCUT2D eigenvalue weighted by Crippen LogP contribution is -2.53. The number of anilines is 1. The molecule has 36 heavy (non-hydrogen) atoms. The van der Waals surface area contributed by atoms with Gasteiger partial charge < -0.3 is 14.7 Å². The number of rotatable bonds is 6. The SMILES string of the molecule is CC[C@@H](C(=O)N1CCOCC1)N(C(=O)c1ccc(Cl)cc1Cl)c1cc(C#CC(C)(C)C)sc1C(=O)O. The maximum absolute atomic E-state index is 13.9. The van der Waals surface area contributed by atoms with Crippen LogP contribution in [0, 0.1) is 17.3 Å². The molecule has 3 rings (SSSR count). The van der Waals surface area contributed by atoms with Gasteiger partial charge in [-0.25, -0.2) is 4.79 Å². The van der Waals surface area contributed by atoms with Crippen molar-refractivity contribution in [2.75, 3.05) is 31.2 Å². The zero-order chi connectivity index (χ0) is 26.6. The zero-order valence-corrected chi connectivity index (χ0v) is 22.9. The summed E-state index contributed by atoms with van der Waals surface area (Å²) in [6.07, 6.45) is 0.255. The van der Waals surface area contributed by atoms with Gasteiger partial charge in [-0.15, -0.1) is 11.3 Å². The molecular weight excluding hydrogens is 523 g/mol. The van der Waals surface area contributed by atoms with Crippen LogP contribution >= 0.6 is 34.5 Å². The van der Waals surface area contributed by atoms with Gasteiger partial charge in [0.05, 0.1) is 34.4 Å². The summed E-state index contributed by atoms with van der Waals surface area (Å²) in [6.45, 7) is 9.17. The fourth-order valence-corrected chi connectivity index (χ4v) is 5.03. The summed E-state index contributed by atoms with van der Waals surface area (Å²) < 4.78 is 5.36. The highest BCUT2D eigenvalue weighted by Gasteiger charge is 2.37. The molecule has 0 aliphatic carbocycles. The standard InChI is InChI=1S/C26H28Cl2N2O5S/c1-5-20(24(32)29-10-12-35-13-11-29)30(23(31)18-7-6-16(27)14-19(18)28)21-15-17(8-9-26(2,3)4)36-22(21)25(33)34/h6-7,14-15,20H,5,10-13H2,1-4H3,(H,33,34)/t20-/m0/s1. The summed E-state index contributed by atoms with van der Waals surface area (Å²) in [6, 6.07) is 5.03. The number of hydrogen-bond acceptors (Lipinski definition) is 5. The van der Waals surface area contributed by atoms with Crippen LogP contribution in [0.5, 0.6) is 0 Å². The van der Waals surface area contributed by atoms with Crippen LogP contribution < -0.4 is 4.90 Å². The van der Waals surface area contributed by atoms with Crippen LogP contribution in [0.1, 0.15) is 59.0 Å². The molecule has 0 bridgehead atoms. The first-order valence-corrected chi connectivity index (χ1v) is 13.1. The van der Waals surface area contributed by atoms with E-state index >= 15 is 0 Å². The molecule has 0 radical (unpaired) electrons. The number of aromatic carboxylic acids is 1. The van der Waals surface area contributed by atoms with E-state index in [0.717, 1.165) is 11.3 Å². The third kappa shape index (κ3) is 6.60. The van der Waals surface area contributed by atoms with Crippen molar-refractivity contribution in [2.24, 2.45) is 5.41 Å². The molecule has 2 heterocycles. The summed E-state index contributed by atoms with van der Waals surface area (Å²) in [4.78, 5) is 43.1. The number of hydrogen-bond donors (Lipinski definition) is 1. The summed E-state index contributed by atoms with van der Waals surface area (Å²) in [5, 5.41) is 10.5. The van der Waals surface area contributed by atoms with Gasteiger partial charge in [-0.1, -0.05) is 42.0 Å². The Bertz CT molecular complexity index is 1220. The summed E-state index contributed by atoms with van der Waals surface area (Å²) in [5.41, 5.74) is -0.0904. The van der Waals surface area contributed by atoms with E-state index in [-0.39, 0.29) is 38.9 Å². The minimum absolute atomic E-state index is 0.0835. The number of halogens is 2. The van der Waals surface area contributed by atoms with Gasteiger partial charge in [-0.3, -0.25) is 14.5 Å². The Labute approximate surface area is 224 Å². The highest BCUT2D eigenvalue weighted by atomic mass is 35.5. The van der Waals surface area contributed by atoms with Crippen molar-refractivity contribution >= 4 is 58.0 Å². The number of carboxylic acid groups (broad SMARTS) is 1. The Morgan fingerprint density at radius 2 is 1.86 bits per heavy atom. The van der Waals surface area contributed by atoms with Crippen molar-refractivity contribution in [2.45, 2.75) is 40.2 Å². The first-order valence-electron chi connectivity index (χ1n) is 11.5. The molecule has 1 saturated heterocycles. The molecule has 0 spiro atoms. The van der Waals surface area contributed by atoms with Crippen molar-refractivity contribution in [3.63, 3.8) is 0 Å². The fraction of sp³-hybridized carbons (Fsp3) is 0.423. The molecule has 1 N–H and O–H groups in total. The monoisotopic (exact) mass is 550 g/mol. The molecular formula is C26H28Cl2N2O5S. The predicted octanol–water partition coefficient (Wildman–Crippen LogP) is 5.43. The number of benzene rings is 1. The highest BCUT2D eigenvalue weighted by Crippen LogP contribution is 2.35. The molecule has 1 fully saturated rings. The Balaban J connectivity index is 2.18. The van der Waals surface area contributed by atoms with Gasteiger partial charge in [0.2, 0.25) is 5.91 Å². The largest absolute Gasteiger partial charge is 0.477 e. The average molecular weight is 551 g/mol. The molecule has 1 atom stereocenters. The molecule has 2 amide bonds. The molecule has 2 aromatic rings. The normalized spacial score (nSPS) is 14.6. The second-order valence-electron chi connectivity index (χ2n) is 9.29. The van der Waals surface area contributed by atoms with E-state index in [1.54, 1.807) is 17.9 Å². The van der Waals surface area contributed by atoms with Crippen LogP contribution in [-0.4, -0.2) is 60.1 Å². The van der Waals surface area contributed by atoms with Crippen molar-refractivity contribution in [3.8, 4) is 11.8 Å². The van der Waals surface area contributed by atoms with Gasteiger partial charge in [-0.2, -0.15) is 0 Å². The minimum atomic E-state index is -1.22. The predicted molar refractivity (Wildman–Crippen MR) is 142 cm³/mol. The van der Waals surface area contributed by atoms with Gasteiger partial charge in [0.1, 0.15) is 10.9 Å². The maximum Gasteiger partial charge on any atom is 0.348 e. The second-order valence-corrected chi connectivity index (χ2v) is 11.2. The lowest BCUT2D eigenvalue weighted by molar-refractivity contribution is -0.136. The molecule has 0 saturated carbocycles. The lowest BCUT2D eigenvalue weighted by Gasteiger charge is -2.36. The van der Waals surface area contributed by atoms with E-state index in [4.69, 9.17) is 27.9 Å². The van der Waals surface area contributed by atoms with E-state index in [1.807, 2.05) is 20.8 Å². The van der Waals surface area contributed by atoms with Gasteiger partial charge in [0.25, 0.3) is 5.91 Å². The molecule has 0 unspecified atom stereocenters. The Kier molecular flexibility index (Phi) is 9.07. The van der Waals surface area contributed by atoms with Crippen molar-refractivity contribution in [3.05, 3.63) is 49.6 Å². The van der Waals surface area contributed by atoms with Crippen molar-refractivity contribution in [1.29, 1.82) is 0 Å². The Morgan fingerprint density at radius 3 is 2.42 bits per heavy atom. The van der Waals surface area contributed by atoms with Gasteiger partial charge in [0, 0.05) is 23.5 Å². The molecule has 7 nitrogen and oxygen atoms in total. The highest BCUT2D eigenvalue weighted by molar-refractivity contribution is 7.15. The van der Waals surface area contributed by atoms with Crippen LogP contribution in [0.25, 0.3) is 0 Å². The van der Waals surface area contributed by atoms with Gasteiger partial charge >= 0.3 is 5.97 Å². The van der Waals surface area contributed by atoms with Crippen LogP contribution in [0.4, 0.5) is 5.69 Å². The fourth-order valence-electron chi connectivity index (χ4n) is 3.70. The van der Waals surface area contributed by atoms with Crippen LogP contribution in [0.3, 0.4) is 0 Å². The number of carbonyl (C=O) groups excluding carboxylic acids is 2. The molecule has 192 valence electrons. The number of amides is 2. The topological polar surface area (TPSA) is 87.2 Å². The Hall–Kier alpha value is -2.57. The van der Waals surface area contributed by atoms with Crippen molar-refractivity contribution in [1.82, 2.24) is 4.90 Å². The average Bonchev–Trinajstić information content (AvgIpc) is 3.24. The second kappa shape index (κ2) is 11.7. The molecule has 1 aliphatic rings. The van der Waals surface area contributed by atoms with Crippen LogP contribution in [0.2, 0.25) is 10.0 Å². The summed E-state index contributed by atoms with van der Waals surface area (Å²) in [7, 11) is 0. The number of ether oxygens (including phenoxy) is 1. The minimum Gasteiger partial charge on any atom is -0.477 e. The lowest BCUT2D eigenvalue weighted by atomic mass is 9.98. The number of carboxylic acids is 1. The quantitative estimate of drug-likeness (QED) is 0.484. The van der Waals surface area contributed by atoms with E-state index in [1.165, 1.54) is 23.1 Å². The first kappa shape index (κ1) is 28.0. The summed E-state index contributed by atoms with van der Waals surface area (Å²) >= 11 is 13.4. The molecule has 1 aromatic heterocycles. The van der Waals surface area contributed by atoms with Crippen molar-refractivity contribution < 1.29 is 24.2 Å². The smallest absolute Gasteiger partial charge is 0.348 e. The first-order chi connectivity index (χ1) is 16.9. The zero-order valence-electron chi connectivity index (χ0n) is 20.6. The number of morpholine rings is 1. The Morgan fingerprint density at radius 1 is 1.19 bits per heavy atom. The molecule has 1 aliphatic heterocycles. The number of carbonyl (C=O) groups is 3.